The molecule has 0 aliphatic carbocycles. The summed E-state index contributed by atoms with van der Waals surface area (Å²) in [4.78, 5) is 12.5. The van der Waals surface area contributed by atoms with Crippen molar-refractivity contribution in [3.63, 3.8) is 0 Å². The molecule has 3 nitrogen and oxygen atoms in total. The van der Waals surface area contributed by atoms with E-state index in [0.29, 0.717) is 0 Å². The van der Waals surface area contributed by atoms with Crippen LogP contribution in [0.25, 0.3) is 0 Å². The molecule has 82 valence electrons. The van der Waals surface area contributed by atoms with E-state index in [2.05, 4.69) is 14.1 Å². The minimum atomic E-state index is 0.0904. The zero-order valence-corrected chi connectivity index (χ0v) is 9.76. The molecule has 0 atom stereocenters. The fraction of sp³-hybridized carbons (Fsp3) is 0.417. The first kappa shape index (κ1) is 11.7. The minimum Gasteiger partial charge on any atom is -0.496 e. The largest absolute Gasteiger partial charge is 0.496 e. The molecular formula is C12H18NO2+. The number of carbonyl (C=O) groups is 1. The molecule has 0 aromatic heterocycles. The van der Waals surface area contributed by atoms with E-state index in [1.165, 1.54) is 4.90 Å². The summed E-state index contributed by atoms with van der Waals surface area (Å²) in [7, 11) is 5.79. The molecule has 0 saturated carbocycles. The lowest BCUT2D eigenvalue weighted by molar-refractivity contribution is -0.872. The highest BCUT2D eigenvalue weighted by Gasteiger charge is 2.09. The van der Waals surface area contributed by atoms with E-state index in [4.69, 9.17) is 4.74 Å². The number of ether oxygens (including phenoxy) is 1. The summed E-state index contributed by atoms with van der Waals surface area (Å²) in [5.74, 6) is 0.939. The molecule has 0 saturated heterocycles. The van der Waals surface area contributed by atoms with Gasteiger partial charge in [-0.3, -0.25) is 4.79 Å². The highest BCUT2D eigenvalue weighted by molar-refractivity contribution is 5.94. The van der Waals surface area contributed by atoms with Gasteiger partial charge in [0.2, 0.25) is 0 Å². The Morgan fingerprint density at radius 3 is 2.53 bits per heavy atom. The van der Waals surface area contributed by atoms with Gasteiger partial charge in [-0.2, -0.15) is 0 Å². The van der Waals surface area contributed by atoms with E-state index in [1.807, 2.05) is 12.1 Å². The van der Waals surface area contributed by atoms with Crippen LogP contribution in [0.2, 0.25) is 0 Å². The maximum absolute atomic E-state index is 11.2. The Morgan fingerprint density at radius 1 is 1.40 bits per heavy atom. The molecule has 0 bridgehead atoms. The summed E-state index contributed by atoms with van der Waals surface area (Å²) < 4.78 is 5.26. The van der Waals surface area contributed by atoms with Crippen molar-refractivity contribution >= 4 is 5.78 Å². The molecule has 1 aromatic carbocycles. The second-order valence-corrected chi connectivity index (χ2v) is 3.97. The lowest BCUT2D eigenvalue weighted by atomic mass is 10.1. The number of methoxy groups -OCH3 is 1. The zero-order valence-electron chi connectivity index (χ0n) is 9.76. The Kier molecular flexibility index (Phi) is 3.86. The third kappa shape index (κ3) is 3.06. The van der Waals surface area contributed by atoms with Crippen LogP contribution in [-0.2, 0) is 6.54 Å². The van der Waals surface area contributed by atoms with Crippen molar-refractivity contribution in [3.05, 3.63) is 29.3 Å². The smallest absolute Gasteiger partial charge is 0.159 e. The molecule has 15 heavy (non-hydrogen) atoms. The standard InChI is InChI=1S/C12H17NO2/c1-9(14)10-5-6-12(15-4)11(7-10)8-13(2)3/h5-7H,8H2,1-4H3/p+1. The second-order valence-electron chi connectivity index (χ2n) is 3.97. The Labute approximate surface area is 90.7 Å². The van der Waals surface area contributed by atoms with Crippen molar-refractivity contribution in [3.8, 4) is 5.75 Å². The Morgan fingerprint density at radius 2 is 2.07 bits per heavy atom. The topological polar surface area (TPSA) is 30.7 Å². The fourth-order valence-electron chi connectivity index (χ4n) is 1.52. The molecule has 1 aromatic rings. The number of hydrogen-bond acceptors (Lipinski definition) is 2. The highest BCUT2D eigenvalue weighted by atomic mass is 16.5. The molecule has 0 aliphatic rings. The third-order valence-electron chi connectivity index (χ3n) is 2.23. The molecule has 1 N–H and O–H groups in total. The number of Topliss-reactive ketones (excluding diaryl/α,β-unsaturated/α-hetero) is 1. The van der Waals surface area contributed by atoms with Crippen molar-refractivity contribution in [1.29, 1.82) is 0 Å². The first-order chi connectivity index (χ1) is 7.04. The number of ketones is 1. The van der Waals surface area contributed by atoms with Crippen molar-refractivity contribution < 1.29 is 14.4 Å². The van der Waals surface area contributed by atoms with Gasteiger partial charge >= 0.3 is 0 Å². The van der Waals surface area contributed by atoms with Gasteiger partial charge in [0.25, 0.3) is 0 Å². The summed E-state index contributed by atoms with van der Waals surface area (Å²) in [6.45, 7) is 2.43. The molecule has 0 spiro atoms. The van der Waals surface area contributed by atoms with Crippen LogP contribution >= 0.6 is 0 Å². The second kappa shape index (κ2) is 4.94. The van der Waals surface area contributed by atoms with Crippen LogP contribution in [0.3, 0.4) is 0 Å². The van der Waals surface area contributed by atoms with E-state index in [9.17, 15) is 4.79 Å². The van der Waals surface area contributed by atoms with Crippen LogP contribution in [0, 0.1) is 0 Å². The molecule has 3 heteroatoms. The van der Waals surface area contributed by atoms with Gasteiger partial charge in [0.15, 0.2) is 5.78 Å². The molecule has 1 rings (SSSR count). The maximum Gasteiger partial charge on any atom is 0.159 e. The fourth-order valence-corrected chi connectivity index (χ4v) is 1.52. The lowest BCUT2D eigenvalue weighted by Gasteiger charge is -2.12. The summed E-state index contributed by atoms with van der Waals surface area (Å²) in [6, 6.07) is 5.57. The average molecular weight is 208 g/mol. The number of quaternary nitrogens is 1. The summed E-state index contributed by atoms with van der Waals surface area (Å²) in [5, 5.41) is 0. The highest BCUT2D eigenvalue weighted by Crippen LogP contribution is 2.19. The number of hydrogen-bond donors (Lipinski definition) is 1. The molecule has 0 unspecified atom stereocenters. The molecule has 0 amide bonds. The predicted octanol–water partition coefficient (Wildman–Crippen LogP) is 0.542. The van der Waals surface area contributed by atoms with E-state index in [0.717, 1.165) is 23.4 Å². The van der Waals surface area contributed by atoms with Gasteiger partial charge in [0.1, 0.15) is 12.3 Å². The molecule has 0 aliphatic heterocycles. The minimum absolute atomic E-state index is 0.0904. The molecule has 0 radical (unpaired) electrons. The van der Waals surface area contributed by atoms with Gasteiger partial charge in [0.05, 0.1) is 21.2 Å². The number of nitrogens with one attached hydrogen (secondary N) is 1. The van der Waals surface area contributed by atoms with Crippen LogP contribution < -0.4 is 9.64 Å². The van der Waals surface area contributed by atoms with Crippen molar-refractivity contribution in [2.75, 3.05) is 21.2 Å². The van der Waals surface area contributed by atoms with Gasteiger partial charge in [-0.25, -0.2) is 0 Å². The van der Waals surface area contributed by atoms with Gasteiger partial charge in [0, 0.05) is 11.1 Å². The van der Waals surface area contributed by atoms with E-state index in [-0.39, 0.29) is 5.78 Å². The molecular weight excluding hydrogens is 190 g/mol. The third-order valence-corrected chi connectivity index (χ3v) is 2.23. The molecule has 0 fully saturated rings. The predicted molar refractivity (Wildman–Crippen MR) is 59.5 cm³/mol. The van der Waals surface area contributed by atoms with Crippen LogP contribution in [0.1, 0.15) is 22.8 Å². The Hall–Kier alpha value is -1.35. The maximum atomic E-state index is 11.2. The van der Waals surface area contributed by atoms with Gasteiger partial charge in [-0.05, 0) is 25.1 Å². The quantitative estimate of drug-likeness (QED) is 0.732. The SMILES string of the molecule is COc1ccc(C(C)=O)cc1C[NH+](C)C. The first-order valence-corrected chi connectivity index (χ1v) is 5.01. The van der Waals surface area contributed by atoms with Crippen LogP contribution in [0.15, 0.2) is 18.2 Å². The van der Waals surface area contributed by atoms with Crippen molar-refractivity contribution in [2.24, 2.45) is 0 Å². The zero-order chi connectivity index (χ0) is 11.4. The Bertz CT molecular complexity index is 359. The van der Waals surface area contributed by atoms with Gasteiger partial charge in [-0.15, -0.1) is 0 Å². The van der Waals surface area contributed by atoms with Crippen LogP contribution in [0.5, 0.6) is 5.75 Å². The van der Waals surface area contributed by atoms with Gasteiger partial charge < -0.3 is 9.64 Å². The van der Waals surface area contributed by atoms with E-state index in [1.54, 1.807) is 20.1 Å². The average Bonchev–Trinajstić information content (AvgIpc) is 2.16. The molecule has 0 heterocycles. The summed E-state index contributed by atoms with van der Waals surface area (Å²) >= 11 is 0. The number of rotatable bonds is 4. The number of carbonyl (C=O) groups excluding carboxylic acids is 1. The van der Waals surface area contributed by atoms with E-state index < -0.39 is 0 Å². The monoisotopic (exact) mass is 208 g/mol. The summed E-state index contributed by atoms with van der Waals surface area (Å²) in [5.41, 5.74) is 1.82. The summed E-state index contributed by atoms with van der Waals surface area (Å²) in [6.07, 6.45) is 0. The van der Waals surface area contributed by atoms with Crippen LogP contribution in [0.4, 0.5) is 0 Å². The van der Waals surface area contributed by atoms with E-state index >= 15 is 0 Å². The Balaban J connectivity index is 3.07. The normalized spacial score (nSPS) is 10.5. The first-order valence-electron chi connectivity index (χ1n) is 5.01. The van der Waals surface area contributed by atoms with Crippen molar-refractivity contribution in [1.82, 2.24) is 0 Å². The van der Waals surface area contributed by atoms with Crippen molar-refractivity contribution in [2.45, 2.75) is 13.5 Å². The van der Waals surface area contributed by atoms with Crippen LogP contribution in [-0.4, -0.2) is 27.0 Å². The lowest BCUT2D eigenvalue weighted by Crippen LogP contribution is -3.04. The number of benzene rings is 1. The van der Waals surface area contributed by atoms with Gasteiger partial charge in [-0.1, -0.05) is 0 Å².